The third kappa shape index (κ3) is 4.44. The van der Waals surface area contributed by atoms with E-state index < -0.39 is 0 Å². The minimum Gasteiger partial charge on any atom is -0.466 e. The largest absolute Gasteiger partial charge is 0.466 e. The van der Waals surface area contributed by atoms with Gasteiger partial charge in [-0.3, -0.25) is 4.79 Å². The van der Waals surface area contributed by atoms with Crippen LogP contribution in [0, 0.1) is 0 Å². The van der Waals surface area contributed by atoms with Crippen molar-refractivity contribution in [1.29, 1.82) is 0 Å². The fourth-order valence-corrected chi connectivity index (χ4v) is 1.28. The van der Waals surface area contributed by atoms with Crippen LogP contribution in [0.3, 0.4) is 0 Å². The van der Waals surface area contributed by atoms with Crippen molar-refractivity contribution in [3.63, 3.8) is 0 Å². The van der Waals surface area contributed by atoms with Gasteiger partial charge < -0.3 is 15.0 Å². The van der Waals surface area contributed by atoms with Crippen LogP contribution in [0.25, 0.3) is 0 Å². The molecule has 1 aromatic heterocycles. The maximum Gasteiger partial charge on any atom is 0.305 e. The second-order valence-corrected chi connectivity index (χ2v) is 3.69. The first-order valence-electron chi connectivity index (χ1n) is 5.62. The lowest BCUT2D eigenvalue weighted by atomic mass is 10.2. The Kier molecular flexibility index (Phi) is 5.56. The zero-order chi connectivity index (χ0) is 11.8. The first-order valence-corrected chi connectivity index (χ1v) is 5.62. The van der Waals surface area contributed by atoms with Gasteiger partial charge in [-0.2, -0.15) is 0 Å². The number of nitrogens with two attached hydrogens (primary N) is 1. The van der Waals surface area contributed by atoms with E-state index in [-0.39, 0.29) is 12.1 Å². The SMILES string of the molecule is CCCCOC(=O)CCC(N)n1ccnc1. The fourth-order valence-electron chi connectivity index (χ4n) is 1.28. The Morgan fingerprint density at radius 3 is 3.06 bits per heavy atom. The normalized spacial score (nSPS) is 12.4. The number of carbonyl (C=O) groups excluding carboxylic acids is 1. The molecule has 0 spiro atoms. The molecule has 16 heavy (non-hydrogen) atoms. The molecule has 2 N–H and O–H groups in total. The number of hydrogen-bond acceptors (Lipinski definition) is 4. The van der Waals surface area contributed by atoms with Crippen molar-refractivity contribution in [3.8, 4) is 0 Å². The number of esters is 1. The predicted molar refractivity (Wildman–Crippen MR) is 60.6 cm³/mol. The van der Waals surface area contributed by atoms with E-state index >= 15 is 0 Å². The van der Waals surface area contributed by atoms with Crippen molar-refractivity contribution < 1.29 is 9.53 Å². The maximum absolute atomic E-state index is 11.3. The van der Waals surface area contributed by atoms with Gasteiger partial charge in [0.25, 0.3) is 0 Å². The number of nitrogens with zero attached hydrogens (tertiary/aromatic N) is 2. The van der Waals surface area contributed by atoms with Crippen molar-refractivity contribution in [1.82, 2.24) is 9.55 Å². The summed E-state index contributed by atoms with van der Waals surface area (Å²) in [7, 11) is 0. The molecule has 1 aromatic rings. The smallest absolute Gasteiger partial charge is 0.305 e. The predicted octanol–water partition coefficient (Wildman–Crippen LogP) is 1.46. The molecule has 90 valence electrons. The monoisotopic (exact) mass is 225 g/mol. The molecule has 0 aliphatic rings. The molecule has 0 aliphatic carbocycles. The molecule has 5 nitrogen and oxygen atoms in total. The summed E-state index contributed by atoms with van der Waals surface area (Å²) in [6.07, 6.45) is 7.76. The molecule has 0 aromatic carbocycles. The molecule has 1 unspecified atom stereocenters. The number of unbranched alkanes of at least 4 members (excludes halogenated alkanes) is 1. The first kappa shape index (κ1) is 12.7. The highest BCUT2D eigenvalue weighted by molar-refractivity contribution is 5.69. The summed E-state index contributed by atoms with van der Waals surface area (Å²) in [4.78, 5) is 15.2. The Morgan fingerprint density at radius 2 is 2.44 bits per heavy atom. The van der Waals surface area contributed by atoms with Gasteiger partial charge in [-0.1, -0.05) is 13.3 Å². The molecule has 5 heteroatoms. The summed E-state index contributed by atoms with van der Waals surface area (Å²) in [5.41, 5.74) is 5.86. The Hall–Kier alpha value is -1.36. The van der Waals surface area contributed by atoms with Gasteiger partial charge in [0.2, 0.25) is 0 Å². The molecule has 0 radical (unpaired) electrons. The minimum absolute atomic E-state index is 0.177. The van der Waals surface area contributed by atoms with Crippen LogP contribution in [-0.4, -0.2) is 22.1 Å². The lowest BCUT2D eigenvalue weighted by Gasteiger charge is -2.12. The molecular weight excluding hydrogens is 206 g/mol. The minimum atomic E-state index is -0.207. The standard InChI is InChI=1S/C11H19N3O2/c1-2-3-8-16-11(15)5-4-10(12)14-7-6-13-9-14/h6-7,9-10H,2-5,8,12H2,1H3. The molecule has 0 saturated carbocycles. The molecule has 0 aliphatic heterocycles. The van der Waals surface area contributed by atoms with Gasteiger partial charge in [0, 0.05) is 18.8 Å². The van der Waals surface area contributed by atoms with E-state index in [0.29, 0.717) is 19.4 Å². The molecule has 1 rings (SSSR count). The van der Waals surface area contributed by atoms with Crippen molar-refractivity contribution >= 4 is 5.97 Å². The van der Waals surface area contributed by atoms with E-state index in [1.165, 1.54) is 0 Å². The number of hydrogen-bond donors (Lipinski definition) is 1. The van der Waals surface area contributed by atoms with Gasteiger partial charge in [-0.15, -0.1) is 0 Å². The van der Waals surface area contributed by atoms with Crippen LogP contribution in [-0.2, 0) is 9.53 Å². The summed E-state index contributed by atoms with van der Waals surface area (Å²) >= 11 is 0. The highest BCUT2D eigenvalue weighted by Crippen LogP contribution is 2.07. The lowest BCUT2D eigenvalue weighted by Crippen LogP contribution is -2.19. The summed E-state index contributed by atoms with van der Waals surface area (Å²) < 4.78 is 6.81. The molecule has 1 atom stereocenters. The Bertz CT molecular complexity index is 298. The average Bonchev–Trinajstić information content (AvgIpc) is 2.79. The van der Waals surface area contributed by atoms with Crippen LogP contribution < -0.4 is 5.73 Å². The number of imidazole rings is 1. The van der Waals surface area contributed by atoms with Crippen molar-refractivity contribution in [2.45, 2.75) is 38.8 Å². The van der Waals surface area contributed by atoms with Gasteiger partial charge in [-0.25, -0.2) is 4.98 Å². The van der Waals surface area contributed by atoms with Crippen LogP contribution in [0.1, 0.15) is 38.8 Å². The van der Waals surface area contributed by atoms with Gasteiger partial charge >= 0.3 is 5.97 Å². The van der Waals surface area contributed by atoms with E-state index in [0.717, 1.165) is 12.8 Å². The third-order valence-electron chi connectivity index (χ3n) is 2.31. The molecule has 0 fully saturated rings. The van der Waals surface area contributed by atoms with Crippen molar-refractivity contribution in [3.05, 3.63) is 18.7 Å². The van der Waals surface area contributed by atoms with Gasteiger partial charge in [0.1, 0.15) is 0 Å². The first-order chi connectivity index (χ1) is 7.74. The molecule has 0 saturated heterocycles. The number of ether oxygens (including phenoxy) is 1. The molecule has 1 heterocycles. The Balaban J connectivity index is 2.16. The van der Waals surface area contributed by atoms with Crippen LogP contribution in [0.15, 0.2) is 18.7 Å². The Morgan fingerprint density at radius 1 is 1.62 bits per heavy atom. The topological polar surface area (TPSA) is 70.1 Å². The van der Waals surface area contributed by atoms with Crippen LogP contribution in [0.2, 0.25) is 0 Å². The number of rotatable bonds is 7. The van der Waals surface area contributed by atoms with E-state index in [2.05, 4.69) is 11.9 Å². The van der Waals surface area contributed by atoms with Crippen LogP contribution in [0.5, 0.6) is 0 Å². The quantitative estimate of drug-likeness (QED) is 0.563. The van der Waals surface area contributed by atoms with Crippen LogP contribution >= 0.6 is 0 Å². The van der Waals surface area contributed by atoms with Crippen molar-refractivity contribution in [2.75, 3.05) is 6.61 Å². The summed E-state index contributed by atoms with van der Waals surface area (Å²) in [5.74, 6) is -0.177. The number of aromatic nitrogens is 2. The maximum atomic E-state index is 11.3. The Labute approximate surface area is 95.6 Å². The van der Waals surface area contributed by atoms with E-state index in [9.17, 15) is 4.79 Å². The lowest BCUT2D eigenvalue weighted by molar-refractivity contribution is -0.144. The van der Waals surface area contributed by atoms with Gasteiger partial charge in [-0.05, 0) is 12.8 Å². The third-order valence-corrected chi connectivity index (χ3v) is 2.31. The zero-order valence-corrected chi connectivity index (χ0v) is 9.63. The van der Waals surface area contributed by atoms with Crippen molar-refractivity contribution in [2.24, 2.45) is 5.73 Å². The van der Waals surface area contributed by atoms with Gasteiger partial charge in [0.15, 0.2) is 0 Å². The van der Waals surface area contributed by atoms with E-state index in [4.69, 9.17) is 10.5 Å². The summed E-state index contributed by atoms with van der Waals surface area (Å²) in [6.45, 7) is 2.57. The second-order valence-electron chi connectivity index (χ2n) is 3.69. The van der Waals surface area contributed by atoms with Gasteiger partial charge in [0.05, 0.1) is 19.1 Å². The average molecular weight is 225 g/mol. The summed E-state index contributed by atoms with van der Waals surface area (Å²) in [6, 6.07) is 0. The molecule has 0 bridgehead atoms. The number of carbonyl (C=O) groups is 1. The fraction of sp³-hybridized carbons (Fsp3) is 0.636. The van der Waals surface area contributed by atoms with E-state index in [1.807, 2.05) is 0 Å². The second kappa shape index (κ2) is 7.00. The zero-order valence-electron chi connectivity index (χ0n) is 9.63. The van der Waals surface area contributed by atoms with E-state index in [1.54, 1.807) is 23.3 Å². The molecule has 0 amide bonds. The molecular formula is C11H19N3O2. The highest BCUT2D eigenvalue weighted by atomic mass is 16.5. The summed E-state index contributed by atoms with van der Waals surface area (Å²) in [5, 5.41) is 0. The van der Waals surface area contributed by atoms with Crippen LogP contribution in [0.4, 0.5) is 0 Å². The highest BCUT2D eigenvalue weighted by Gasteiger charge is 2.08.